The van der Waals surface area contributed by atoms with Crippen molar-refractivity contribution in [3.63, 3.8) is 0 Å². The molecule has 0 spiro atoms. The Balaban J connectivity index is 0.000000271. The fourth-order valence-corrected chi connectivity index (χ4v) is 3.22. The maximum absolute atomic E-state index is 14.1. The highest BCUT2D eigenvalue weighted by Crippen LogP contribution is 2.34. The number of halogens is 4. The minimum Gasteiger partial charge on any atom is -0.391 e. The third-order valence-corrected chi connectivity index (χ3v) is 4.73. The molecule has 3 aromatic heterocycles. The Morgan fingerprint density at radius 3 is 2.75 bits per heavy atom. The Hall–Kier alpha value is -2.24. The smallest absolute Gasteiger partial charge is 0.263 e. The lowest BCUT2D eigenvalue weighted by Gasteiger charge is -2.15. The number of nitrogen functional groups attached to an aromatic ring is 1. The van der Waals surface area contributed by atoms with Crippen LogP contribution < -0.4 is 5.73 Å². The molecule has 1 atom stereocenters. The van der Waals surface area contributed by atoms with Gasteiger partial charge in [0.15, 0.2) is 5.82 Å². The summed E-state index contributed by atoms with van der Waals surface area (Å²) >= 11 is 3.08. The van der Waals surface area contributed by atoms with E-state index in [-0.39, 0.29) is 39.0 Å². The lowest BCUT2D eigenvalue weighted by atomic mass is 10.2. The van der Waals surface area contributed by atoms with Crippen molar-refractivity contribution in [2.75, 3.05) is 18.9 Å². The number of hydrogen-bond acceptors (Lipinski definition) is 6. The highest BCUT2D eigenvalue weighted by atomic mass is 79.9. The number of ether oxygens (including phenoxy) is 1. The minimum atomic E-state index is -2.65. The number of aliphatic hydroxyl groups excluding tert-OH is 1. The van der Waals surface area contributed by atoms with Gasteiger partial charge in [0, 0.05) is 18.4 Å². The summed E-state index contributed by atoms with van der Waals surface area (Å²) in [5.74, 6) is -0.689. The second-order valence-electron chi connectivity index (χ2n) is 6.04. The molecule has 1 fully saturated rings. The Morgan fingerprint density at radius 1 is 1.36 bits per heavy atom. The molecule has 0 amide bonds. The molecule has 3 N–H and O–H groups in total. The van der Waals surface area contributed by atoms with Crippen LogP contribution in [0.25, 0.3) is 16.9 Å². The van der Waals surface area contributed by atoms with Crippen molar-refractivity contribution < 1.29 is 23.0 Å². The summed E-state index contributed by atoms with van der Waals surface area (Å²) in [6.45, 7) is 1.37. The highest BCUT2D eigenvalue weighted by Gasteiger charge is 2.21. The number of alkyl halides is 2. The zero-order valence-corrected chi connectivity index (χ0v) is 16.1. The number of fused-ring (bicyclic) bond motifs is 1. The van der Waals surface area contributed by atoms with Crippen LogP contribution >= 0.6 is 15.9 Å². The SMILES string of the molecule is Nc1ncc2c(F)c(Br)c(-c3cc(C(F)F)ccn3)n2n1.OC1CCCOC1. The maximum atomic E-state index is 14.1. The van der Waals surface area contributed by atoms with Gasteiger partial charge in [0.1, 0.15) is 11.2 Å². The number of anilines is 1. The first-order valence-electron chi connectivity index (χ1n) is 8.37. The molecule has 0 aromatic carbocycles. The summed E-state index contributed by atoms with van der Waals surface area (Å²) < 4.78 is 45.9. The van der Waals surface area contributed by atoms with E-state index in [9.17, 15) is 13.2 Å². The van der Waals surface area contributed by atoms with Gasteiger partial charge in [0.05, 0.1) is 29.1 Å². The van der Waals surface area contributed by atoms with Crippen LogP contribution in [0, 0.1) is 5.82 Å². The molecule has 0 radical (unpaired) electrons. The molecule has 28 heavy (non-hydrogen) atoms. The Kier molecular flexibility index (Phi) is 6.47. The fraction of sp³-hybridized carbons (Fsp3) is 0.353. The van der Waals surface area contributed by atoms with E-state index in [0.717, 1.165) is 19.4 Å². The first-order chi connectivity index (χ1) is 13.4. The number of pyridine rings is 1. The standard InChI is InChI=1S/C12H7BrF3N5.C5H10O2/c13-8-9(14)7-4-19-12(17)20-21(7)10(8)6-3-5(11(15)16)1-2-18-6;6-5-2-1-3-7-4-5/h1-4,11H,(H2,17,20);5-6H,1-4H2. The van der Waals surface area contributed by atoms with Gasteiger partial charge in [0.25, 0.3) is 6.43 Å². The van der Waals surface area contributed by atoms with Gasteiger partial charge in [0.2, 0.25) is 5.95 Å². The third-order valence-electron chi connectivity index (χ3n) is 4.00. The Bertz CT molecular complexity index is 963. The van der Waals surface area contributed by atoms with Gasteiger partial charge in [-0.15, -0.1) is 5.10 Å². The van der Waals surface area contributed by atoms with Gasteiger partial charge in [-0.25, -0.2) is 22.7 Å². The van der Waals surface area contributed by atoms with E-state index in [2.05, 4.69) is 31.0 Å². The average Bonchev–Trinajstić information content (AvgIpc) is 2.93. The predicted molar refractivity (Wildman–Crippen MR) is 99.3 cm³/mol. The largest absolute Gasteiger partial charge is 0.391 e. The van der Waals surface area contributed by atoms with E-state index < -0.39 is 12.2 Å². The number of nitrogens with zero attached hydrogens (tertiary/aromatic N) is 4. The number of aromatic nitrogens is 4. The Labute approximate surface area is 166 Å². The van der Waals surface area contributed by atoms with E-state index in [1.54, 1.807) is 0 Å². The van der Waals surface area contributed by atoms with Crippen LogP contribution in [0.15, 0.2) is 29.0 Å². The lowest BCUT2D eigenvalue weighted by molar-refractivity contribution is -0.00535. The molecule has 1 aliphatic rings. The molecular formula is C17H17BrF3N5O2. The molecular weight excluding hydrogens is 443 g/mol. The van der Waals surface area contributed by atoms with Gasteiger partial charge in [-0.1, -0.05) is 0 Å². The van der Waals surface area contributed by atoms with Gasteiger partial charge in [-0.05, 0) is 40.9 Å². The molecule has 7 nitrogen and oxygen atoms in total. The number of hydrogen-bond donors (Lipinski definition) is 2. The van der Waals surface area contributed by atoms with Crippen molar-refractivity contribution in [1.29, 1.82) is 0 Å². The van der Waals surface area contributed by atoms with Crippen molar-refractivity contribution in [3.05, 3.63) is 40.4 Å². The molecule has 1 unspecified atom stereocenters. The van der Waals surface area contributed by atoms with Gasteiger partial charge >= 0.3 is 0 Å². The van der Waals surface area contributed by atoms with E-state index in [1.807, 2.05) is 0 Å². The van der Waals surface area contributed by atoms with Crippen LogP contribution in [0.1, 0.15) is 24.8 Å². The van der Waals surface area contributed by atoms with Crippen molar-refractivity contribution in [2.24, 2.45) is 0 Å². The van der Waals surface area contributed by atoms with Gasteiger partial charge in [-0.3, -0.25) is 4.98 Å². The maximum Gasteiger partial charge on any atom is 0.263 e. The van der Waals surface area contributed by atoms with Crippen molar-refractivity contribution >= 4 is 27.4 Å². The molecule has 0 bridgehead atoms. The number of aliphatic hydroxyl groups is 1. The lowest BCUT2D eigenvalue weighted by Crippen LogP contribution is -2.21. The van der Waals surface area contributed by atoms with Crippen molar-refractivity contribution in [3.8, 4) is 11.4 Å². The summed E-state index contributed by atoms with van der Waals surface area (Å²) in [6, 6.07) is 2.37. The first-order valence-corrected chi connectivity index (χ1v) is 9.16. The molecule has 1 saturated heterocycles. The molecule has 150 valence electrons. The number of rotatable bonds is 2. The first kappa shape index (κ1) is 20.5. The molecule has 4 heterocycles. The Morgan fingerprint density at radius 2 is 2.14 bits per heavy atom. The summed E-state index contributed by atoms with van der Waals surface area (Å²) in [5.41, 5.74) is 5.68. The van der Waals surface area contributed by atoms with Crippen LogP contribution in [0.2, 0.25) is 0 Å². The molecule has 1 aliphatic heterocycles. The summed E-state index contributed by atoms with van der Waals surface area (Å²) in [7, 11) is 0. The van der Waals surface area contributed by atoms with E-state index in [1.165, 1.54) is 29.0 Å². The van der Waals surface area contributed by atoms with Crippen LogP contribution in [-0.2, 0) is 4.74 Å². The van der Waals surface area contributed by atoms with Crippen molar-refractivity contribution in [1.82, 2.24) is 19.6 Å². The van der Waals surface area contributed by atoms with Gasteiger partial charge in [-0.2, -0.15) is 0 Å². The molecule has 3 aromatic rings. The molecule has 4 rings (SSSR count). The topological polar surface area (TPSA) is 98.6 Å². The molecule has 0 aliphatic carbocycles. The van der Waals surface area contributed by atoms with Crippen LogP contribution in [-0.4, -0.2) is 44.0 Å². The minimum absolute atomic E-state index is 0.0568. The van der Waals surface area contributed by atoms with E-state index in [0.29, 0.717) is 6.61 Å². The second-order valence-corrected chi connectivity index (χ2v) is 6.83. The second kappa shape index (κ2) is 8.84. The zero-order valence-electron chi connectivity index (χ0n) is 14.5. The monoisotopic (exact) mass is 459 g/mol. The van der Waals surface area contributed by atoms with Crippen LogP contribution in [0.3, 0.4) is 0 Å². The van der Waals surface area contributed by atoms with E-state index >= 15 is 0 Å². The van der Waals surface area contributed by atoms with Crippen LogP contribution in [0.5, 0.6) is 0 Å². The quantitative estimate of drug-likeness (QED) is 0.609. The van der Waals surface area contributed by atoms with Crippen molar-refractivity contribution in [2.45, 2.75) is 25.4 Å². The number of nitrogens with two attached hydrogens (primary N) is 1. The zero-order chi connectivity index (χ0) is 20.3. The average molecular weight is 460 g/mol. The van der Waals surface area contributed by atoms with E-state index in [4.69, 9.17) is 15.6 Å². The third kappa shape index (κ3) is 4.42. The highest BCUT2D eigenvalue weighted by molar-refractivity contribution is 9.10. The normalized spacial score (nSPS) is 16.9. The summed E-state index contributed by atoms with van der Waals surface area (Å²) in [5, 5.41) is 12.7. The molecule has 0 saturated carbocycles. The van der Waals surface area contributed by atoms with Crippen LogP contribution in [0.4, 0.5) is 19.1 Å². The summed E-state index contributed by atoms with van der Waals surface area (Å²) in [4.78, 5) is 7.70. The predicted octanol–water partition coefficient (Wildman–Crippen LogP) is 3.37. The fourth-order valence-electron chi connectivity index (χ4n) is 2.65. The van der Waals surface area contributed by atoms with Gasteiger partial charge < -0.3 is 15.6 Å². The molecule has 11 heteroatoms. The summed E-state index contributed by atoms with van der Waals surface area (Å²) in [6.07, 6.45) is 1.53.